The summed E-state index contributed by atoms with van der Waals surface area (Å²) in [5.41, 5.74) is 4.66. The van der Waals surface area contributed by atoms with Crippen LogP contribution in [0, 0.1) is 13.8 Å². The van der Waals surface area contributed by atoms with Crippen molar-refractivity contribution in [2.45, 2.75) is 13.8 Å². The van der Waals surface area contributed by atoms with E-state index in [1.54, 1.807) is 13.3 Å². The summed E-state index contributed by atoms with van der Waals surface area (Å²) in [6, 6.07) is 11.5. The average Bonchev–Trinajstić information content (AvgIpc) is 2.94. The quantitative estimate of drug-likeness (QED) is 0.765. The molecule has 4 heteroatoms. The van der Waals surface area contributed by atoms with Crippen molar-refractivity contribution in [3.05, 3.63) is 59.3 Å². The van der Waals surface area contributed by atoms with Gasteiger partial charge < -0.3 is 15.0 Å². The van der Waals surface area contributed by atoms with Gasteiger partial charge in [-0.3, -0.25) is 4.79 Å². The van der Waals surface area contributed by atoms with Crippen LogP contribution < -0.4 is 10.1 Å². The van der Waals surface area contributed by atoms with Gasteiger partial charge in [0.1, 0.15) is 5.75 Å². The van der Waals surface area contributed by atoms with E-state index in [9.17, 15) is 4.79 Å². The van der Waals surface area contributed by atoms with Crippen molar-refractivity contribution in [1.82, 2.24) is 4.98 Å². The molecule has 0 unspecified atom stereocenters. The number of carbonyl (C=O) groups excluding carboxylic acids is 1. The Morgan fingerprint density at radius 2 is 1.91 bits per heavy atom. The molecule has 4 nitrogen and oxygen atoms in total. The fraction of sp³-hybridized carbons (Fsp3) is 0.167. The molecule has 0 spiro atoms. The van der Waals surface area contributed by atoms with Gasteiger partial charge in [-0.25, -0.2) is 0 Å². The van der Waals surface area contributed by atoms with Crippen LogP contribution in [0.15, 0.2) is 42.6 Å². The highest BCUT2D eigenvalue weighted by Gasteiger charge is 2.13. The first-order chi connectivity index (χ1) is 10.6. The highest BCUT2D eigenvalue weighted by Crippen LogP contribution is 2.24. The number of methoxy groups -OCH3 is 1. The maximum atomic E-state index is 12.5. The van der Waals surface area contributed by atoms with Gasteiger partial charge in [-0.1, -0.05) is 6.07 Å². The molecule has 3 aromatic rings. The molecular formula is C18H18N2O2. The van der Waals surface area contributed by atoms with Crippen molar-refractivity contribution < 1.29 is 9.53 Å². The van der Waals surface area contributed by atoms with Gasteiger partial charge in [0.05, 0.1) is 12.7 Å². The fourth-order valence-electron chi connectivity index (χ4n) is 2.44. The van der Waals surface area contributed by atoms with Crippen LogP contribution in [-0.2, 0) is 0 Å². The molecule has 1 aromatic heterocycles. The molecule has 0 aliphatic heterocycles. The van der Waals surface area contributed by atoms with Gasteiger partial charge in [0, 0.05) is 28.9 Å². The second-order valence-corrected chi connectivity index (χ2v) is 5.37. The number of aryl methyl sites for hydroxylation is 2. The SMILES string of the molecule is COc1ccc2c(C(=O)Nc3ccc(C)c(C)c3)c[nH]c2c1. The number of H-pyrrole nitrogens is 1. The number of hydrogen-bond acceptors (Lipinski definition) is 2. The maximum absolute atomic E-state index is 12.5. The van der Waals surface area contributed by atoms with E-state index in [4.69, 9.17) is 4.74 Å². The molecule has 0 aliphatic carbocycles. The van der Waals surface area contributed by atoms with Crippen LogP contribution in [0.4, 0.5) is 5.69 Å². The van der Waals surface area contributed by atoms with Crippen LogP contribution in [-0.4, -0.2) is 18.0 Å². The van der Waals surface area contributed by atoms with E-state index in [0.717, 1.165) is 27.9 Å². The largest absolute Gasteiger partial charge is 0.497 e. The summed E-state index contributed by atoms with van der Waals surface area (Å²) in [6.07, 6.45) is 1.72. The van der Waals surface area contributed by atoms with Crippen LogP contribution in [0.3, 0.4) is 0 Å². The first-order valence-electron chi connectivity index (χ1n) is 7.12. The van der Waals surface area contributed by atoms with Crippen LogP contribution in [0.5, 0.6) is 5.75 Å². The summed E-state index contributed by atoms with van der Waals surface area (Å²) in [5, 5.41) is 3.82. The number of carbonyl (C=O) groups is 1. The number of aromatic nitrogens is 1. The van der Waals surface area contributed by atoms with Crippen LogP contribution in [0.1, 0.15) is 21.5 Å². The highest BCUT2D eigenvalue weighted by molar-refractivity contribution is 6.12. The lowest BCUT2D eigenvalue weighted by molar-refractivity contribution is 0.102. The second kappa shape index (κ2) is 5.56. The smallest absolute Gasteiger partial charge is 0.257 e. The normalized spacial score (nSPS) is 10.7. The Bertz CT molecular complexity index is 849. The van der Waals surface area contributed by atoms with Crippen molar-refractivity contribution in [3.8, 4) is 5.75 Å². The lowest BCUT2D eigenvalue weighted by atomic mass is 10.1. The Labute approximate surface area is 129 Å². The number of anilines is 1. The molecule has 1 heterocycles. The van der Waals surface area contributed by atoms with E-state index in [0.29, 0.717) is 5.56 Å². The number of ether oxygens (including phenoxy) is 1. The molecule has 2 N–H and O–H groups in total. The zero-order chi connectivity index (χ0) is 15.7. The Hall–Kier alpha value is -2.75. The zero-order valence-corrected chi connectivity index (χ0v) is 12.9. The summed E-state index contributed by atoms with van der Waals surface area (Å²) >= 11 is 0. The Morgan fingerprint density at radius 1 is 1.09 bits per heavy atom. The summed E-state index contributed by atoms with van der Waals surface area (Å²) in [5.74, 6) is 0.634. The minimum absolute atomic E-state index is 0.125. The molecule has 0 saturated carbocycles. The summed E-state index contributed by atoms with van der Waals surface area (Å²) in [6.45, 7) is 4.08. The average molecular weight is 294 g/mol. The number of aromatic amines is 1. The minimum atomic E-state index is -0.125. The van der Waals surface area contributed by atoms with E-state index in [-0.39, 0.29) is 5.91 Å². The first-order valence-corrected chi connectivity index (χ1v) is 7.12. The van der Waals surface area contributed by atoms with Gasteiger partial charge in [0.15, 0.2) is 0 Å². The zero-order valence-electron chi connectivity index (χ0n) is 12.9. The fourth-order valence-corrected chi connectivity index (χ4v) is 2.44. The molecule has 0 saturated heterocycles. The molecule has 112 valence electrons. The number of fused-ring (bicyclic) bond motifs is 1. The van der Waals surface area contributed by atoms with Crippen molar-refractivity contribution in [2.75, 3.05) is 12.4 Å². The molecule has 0 bridgehead atoms. The molecule has 3 rings (SSSR count). The van der Waals surface area contributed by atoms with Gasteiger partial charge >= 0.3 is 0 Å². The minimum Gasteiger partial charge on any atom is -0.497 e. The summed E-state index contributed by atoms with van der Waals surface area (Å²) in [7, 11) is 1.62. The molecule has 22 heavy (non-hydrogen) atoms. The van der Waals surface area contributed by atoms with Crippen molar-refractivity contribution in [1.29, 1.82) is 0 Å². The van der Waals surface area contributed by atoms with E-state index >= 15 is 0 Å². The number of nitrogens with one attached hydrogen (secondary N) is 2. The van der Waals surface area contributed by atoms with Gasteiger partial charge in [0.2, 0.25) is 0 Å². The van der Waals surface area contributed by atoms with Crippen molar-refractivity contribution >= 4 is 22.5 Å². The predicted molar refractivity (Wildman–Crippen MR) is 88.7 cm³/mol. The van der Waals surface area contributed by atoms with Crippen molar-refractivity contribution in [2.24, 2.45) is 0 Å². The Kier molecular flexibility index (Phi) is 3.59. The van der Waals surface area contributed by atoms with Gasteiger partial charge in [-0.2, -0.15) is 0 Å². The van der Waals surface area contributed by atoms with Gasteiger partial charge in [0.25, 0.3) is 5.91 Å². The molecule has 0 fully saturated rings. The number of hydrogen-bond donors (Lipinski definition) is 2. The van der Waals surface area contributed by atoms with E-state index in [1.807, 2.05) is 50.2 Å². The molecule has 2 aromatic carbocycles. The lowest BCUT2D eigenvalue weighted by Crippen LogP contribution is -2.11. The summed E-state index contributed by atoms with van der Waals surface area (Å²) < 4.78 is 5.19. The molecule has 0 aliphatic rings. The maximum Gasteiger partial charge on any atom is 0.257 e. The number of rotatable bonds is 3. The van der Waals surface area contributed by atoms with Crippen LogP contribution in [0.2, 0.25) is 0 Å². The molecule has 1 amide bonds. The number of amides is 1. The monoisotopic (exact) mass is 294 g/mol. The standard InChI is InChI=1S/C18H18N2O2/c1-11-4-5-13(8-12(11)2)20-18(21)16-10-19-17-9-14(22-3)6-7-15(16)17/h4-10,19H,1-3H3,(H,20,21). The van der Waals surface area contributed by atoms with E-state index in [1.165, 1.54) is 5.56 Å². The first kappa shape index (κ1) is 14.2. The third kappa shape index (κ3) is 2.55. The number of benzene rings is 2. The lowest BCUT2D eigenvalue weighted by Gasteiger charge is -2.07. The summed E-state index contributed by atoms with van der Waals surface area (Å²) in [4.78, 5) is 15.6. The topological polar surface area (TPSA) is 54.1 Å². The third-order valence-corrected chi connectivity index (χ3v) is 3.90. The van der Waals surface area contributed by atoms with Crippen molar-refractivity contribution in [3.63, 3.8) is 0 Å². The third-order valence-electron chi connectivity index (χ3n) is 3.90. The Morgan fingerprint density at radius 3 is 2.64 bits per heavy atom. The second-order valence-electron chi connectivity index (χ2n) is 5.37. The van der Waals surface area contributed by atoms with Crippen LogP contribution in [0.25, 0.3) is 10.9 Å². The molecular weight excluding hydrogens is 276 g/mol. The van der Waals surface area contributed by atoms with Gasteiger partial charge in [-0.05, 0) is 49.2 Å². The van der Waals surface area contributed by atoms with E-state index < -0.39 is 0 Å². The predicted octanol–water partition coefficient (Wildman–Crippen LogP) is 4.05. The Balaban J connectivity index is 1.90. The molecule has 0 atom stereocenters. The van der Waals surface area contributed by atoms with Crippen LogP contribution >= 0.6 is 0 Å². The van der Waals surface area contributed by atoms with Gasteiger partial charge in [-0.15, -0.1) is 0 Å². The highest BCUT2D eigenvalue weighted by atomic mass is 16.5. The van der Waals surface area contributed by atoms with E-state index in [2.05, 4.69) is 10.3 Å². The molecule has 0 radical (unpaired) electrons.